The van der Waals surface area contributed by atoms with Crippen molar-refractivity contribution in [2.45, 2.75) is 37.4 Å². The quantitative estimate of drug-likeness (QED) is 0.789. The Morgan fingerprint density at radius 3 is 2.93 bits per heavy atom. The SMILES string of the molecule is COc1cc2c(cc1CN[C@@H]1CCN[C@H]1c1cccc(Cl)c1)N(C)C(=O)C1CC21. The van der Waals surface area contributed by atoms with Crippen molar-refractivity contribution >= 4 is 23.2 Å². The third-order valence-electron chi connectivity index (χ3n) is 6.61. The molecule has 0 bridgehead atoms. The molecule has 2 fully saturated rings. The summed E-state index contributed by atoms with van der Waals surface area (Å²) >= 11 is 6.19. The fraction of sp³-hybridized carbons (Fsp3) is 0.435. The number of carbonyl (C=O) groups is 1. The van der Waals surface area contributed by atoms with Crippen LogP contribution in [0.4, 0.5) is 5.69 Å². The molecule has 29 heavy (non-hydrogen) atoms. The second kappa shape index (κ2) is 7.31. The van der Waals surface area contributed by atoms with Crippen LogP contribution in [0.15, 0.2) is 36.4 Å². The Labute approximate surface area is 176 Å². The molecule has 1 saturated heterocycles. The van der Waals surface area contributed by atoms with Crippen LogP contribution in [0, 0.1) is 5.92 Å². The second-order valence-electron chi connectivity index (χ2n) is 8.33. The number of methoxy groups -OCH3 is 1. The van der Waals surface area contributed by atoms with Gasteiger partial charge in [-0.2, -0.15) is 0 Å². The van der Waals surface area contributed by atoms with Crippen molar-refractivity contribution in [1.29, 1.82) is 0 Å². The van der Waals surface area contributed by atoms with Gasteiger partial charge in [-0.15, -0.1) is 0 Å². The van der Waals surface area contributed by atoms with Gasteiger partial charge in [0, 0.05) is 47.9 Å². The van der Waals surface area contributed by atoms with Gasteiger partial charge < -0.3 is 20.3 Å². The molecule has 0 spiro atoms. The lowest BCUT2D eigenvalue weighted by Crippen LogP contribution is -2.34. The Morgan fingerprint density at radius 1 is 1.28 bits per heavy atom. The summed E-state index contributed by atoms with van der Waals surface area (Å²) in [5, 5.41) is 8.05. The number of benzene rings is 2. The number of carbonyl (C=O) groups excluding carboxylic acids is 1. The molecule has 2 aromatic rings. The van der Waals surface area contributed by atoms with Gasteiger partial charge in [0.15, 0.2) is 0 Å². The molecule has 2 aliphatic heterocycles. The molecule has 1 saturated carbocycles. The summed E-state index contributed by atoms with van der Waals surface area (Å²) in [7, 11) is 3.61. The molecule has 1 amide bonds. The van der Waals surface area contributed by atoms with Crippen LogP contribution in [0.5, 0.6) is 5.75 Å². The summed E-state index contributed by atoms with van der Waals surface area (Å²) in [6.45, 7) is 1.66. The lowest BCUT2D eigenvalue weighted by Gasteiger charge is -2.28. The first-order chi connectivity index (χ1) is 14.1. The summed E-state index contributed by atoms with van der Waals surface area (Å²) in [6.07, 6.45) is 2.01. The largest absolute Gasteiger partial charge is 0.496 e. The Kier molecular flexibility index (Phi) is 4.77. The smallest absolute Gasteiger partial charge is 0.230 e. The van der Waals surface area contributed by atoms with Gasteiger partial charge in [0.1, 0.15) is 5.75 Å². The first-order valence-electron chi connectivity index (χ1n) is 10.3. The summed E-state index contributed by atoms with van der Waals surface area (Å²) in [5.41, 5.74) is 4.57. The number of hydrogen-bond acceptors (Lipinski definition) is 4. The van der Waals surface area contributed by atoms with Crippen molar-refractivity contribution in [2.24, 2.45) is 5.92 Å². The fourth-order valence-corrected chi connectivity index (χ4v) is 5.14. The molecule has 0 aromatic heterocycles. The molecule has 5 nitrogen and oxygen atoms in total. The maximum absolute atomic E-state index is 12.4. The number of fused-ring (bicyclic) bond motifs is 3. The van der Waals surface area contributed by atoms with Gasteiger partial charge in [0.25, 0.3) is 0 Å². The average Bonchev–Trinajstić information content (AvgIpc) is 3.40. The molecule has 3 aliphatic rings. The van der Waals surface area contributed by atoms with Crippen molar-refractivity contribution in [3.63, 3.8) is 0 Å². The van der Waals surface area contributed by atoms with Crippen molar-refractivity contribution in [1.82, 2.24) is 10.6 Å². The van der Waals surface area contributed by atoms with Gasteiger partial charge >= 0.3 is 0 Å². The Hall–Kier alpha value is -2.08. The van der Waals surface area contributed by atoms with E-state index in [1.165, 1.54) is 11.1 Å². The number of halogens is 1. The maximum atomic E-state index is 12.4. The molecule has 1 aliphatic carbocycles. The molecule has 2 N–H and O–H groups in total. The van der Waals surface area contributed by atoms with Crippen LogP contribution in [0.1, 0.15) is 41.5 Å². The van der Waals surface area contributed by atoms with E-state index in [1.807, 2.05) is 30.1 Å². The molecule has 152 valence electrons. The maximum Gasteiger partial charge on any atom is 0.230 e. The van der Waals surface area contributed by atoms with E-state index in [9.17, 15) is 4.79 Å². The van der Waals surface area contributed by atoms with Crippen molar-refractivity contribution < 1.29 is 9.53 Å². The third-order valence-corrected chi connectivity index (χ3v) is 6.85. The van der Waals surface area contributed by atoms with E-state index in [0.717, 1.165) is 41.4 Å². The van der Waals surface area contributed by atoms with Gasteiger partial charge in [-0.1, -0.05) is 23.7 Å². The first kappa shape index (κ1) is 18.9. The minimum Gasteiger partial charge on any atom is -0.496 e. The van der Waals surface area contributed by atoms with E-state index < -0.39 is 0 Å². The number of amides is 1. The number of hydrogen-bond donors (Lipinski definition) is 2. The third kappa shape index (κ3) is 3.31. The van der Waals surface area contributed by atoms with Crippen LogP contribution in [-0.4, -0.2) is 32.7 Å². The highest BCUT2D eigenvalue weighted by molar-refractivity contribution is 6.30. The van der Waals surface area contributed by atoms with Crippen LogP contribution in [0.25, 0.3) is 0 Å². The minimum absolute atomic E-state index is 0.171. The number of anilines is 1. The van der Waals surface area contributed by atoms with E-state index in [1.54, 1.807) is 7.11 Å². The number of nitrogens with zero attached hydrogens (tertiary/aromatic N) is 1. The van der Waals surface area contributed by atoms with Gasteiger partial charge in [-0.25, -0.2) is 0 Å². The van der Waals surface area contributed by atoms with Crippen LogP contribution in [-0.2, 0) is 11.3 Å². The minimum atomic E-state index is 0.171. The highest BCUT2D eigenvalue weighted by atomic mass is 35.5. The number of ether oxygens (including phenoxy) is 1. The zero-order chi connectivity index (χ0) is 20.1. The Bertz CT molecular complexity index is 963. The molecule has 2 aromatic carbocycles. The molecule has 2 unspecified atom stereocenters. The molecular formula is C23H26ClN3O2. The van der Waals surface area contributed by atoms with Crippen molar-refractivity contribution in [2.75, 3.05) is 25.6 Å². The Morgan fingerprint density at radius 2 is 2.14 bits per heavy atom. The zero-order valence-electron chi connectivity index (χ0n) is 16.7. The topological polar surface area (TPSA) is 53.6 Å². The van der Waals surface area contributed by atoms with Crippen LogP contribution in [0.3, 0.4) is 0 Å². The zero-order valence-corrected chi connectivity index (χ0v) is 17.5. The highest BCUT2D eigenvalue weighted by Gasteiger charge is 2.50. The average molecular weight is 412 g/mol. The van der Waals surface area contributed by atoms with Crippen LogP contribution >= 0.6 is 11.6 Å². The highest BCUT2D eigenvalue weighted by Crippen LogP contribution is 2.56. The number of nitrogens with one attached hydrogen (secondary N) is 2. The predicted octanol–water partition coefficient (Wildman–Crippen LogP) is 3.62. The van der Waals surface area contributed by atoms with Crippen LogP contribution in [0.2, 0.25) is 5.02 Å². The monoisotopic (exact) mass is 411 g/mol. The molecular weight excluding hydrogens is 386 g/mol. The summed E-state index contributed by atoms with van der Waals surface area (Å²) in [5.74, 6) is 1.68. The predicted molar refractivity (Wildman–Crippen MR) is 115 cm³/mol. The molecule has 2 heterocycles. The first-order valence-corrected chi connectivity index (χ1v) is 10.6. The van der Waals surface area contributed by atoms with E-state index in [4.69, 9.17) is 16.3 Å². The standard InChI is InChI=1S/C23H26ClN3O2/c1-27-20-9-14(21(29-2)11-17(20)16-10-18(16)23(27)28)12-26-19-6-7-25-22(19)13-4-3-5-15(24)8-13/h3-5,8-9,11,16,18-19,22,25-26H,6-7,10,12H2,1-2H3/t16?,18?,19-,22+/m1/s1. The van der Waals surface area contributed by atoms with Crippen molar-refractivity contribution in [3.8, 4) is 5.75 Å². The second-order valence-corrected chi connectivity index (χ2v) is 8.77. The van der Waals surface area contributed by atoms with Gasteiger partial charge in [0.05, 0.1) is 7.11 Å². The van der Waals surface area contributed by atoms with Gasteiger partial charge in [-0.05, 0) is 60.7 Å². The van der Waals surface area contributed by atoms with E-state index in [-0.39, 0.29) is 17.9 Å². The fourth-order valence-electron chi connectivity index (χ4n) is 4.94. The molecule has 6 heteroatoms. The summed E-state index contributed by atoms with van der Waals surface area (Å²) in [6, 6.07) is 12.9. The number of rotatable bonds is 5. The molecule has 4 atom stereocenters. The summed E-state index contributed by atoms with van der Waals surface area (Å²) in [4.78, 5) is 14.3. The Balaban J connectivity index is 1.37. The van der Waals surface area contributed by atoms with Crippen LogP contribution < -0.4 is 20.3 Å². The molecule has 0 radical (unpaired) electrons. The van der Waals surface area contributed by atoms with Crippen molar-refractivity contribution in [3.05, 3.63) is 58.1 Å². The lowest BCUT2D eigenvalue weighted by atomic mass is 9.97. The normalized spacial score (nSPS) is 27.6. The van der Waals surface area contributed by atoms with E-state index >= 15 is 0 Å². The van der Waals surface area contributed by atoms with Gasteiger partial charge in [0.2, 0.25) is 5.91 Å². The van der Waals surface area contributed by atoms with E-state index in [0.29, 0.717) is 18.5 Å². The van der Waals surface area contributed by atoms with Gasteiger partial charge in [-0.3, -0.25) is 4.79 Å². The van der Waals surface area contributed by atoms with E-state index in [2.05, 4.69) is 28.8 Å². The summed E-state index contributed by atoms with van der Waals surface area (Å²) < 4.78 is 5.71. The lowest BCUT2D eigenvalue weighted by molar-refractivity contribution is -0.119. The molecule has 5 rings (SSSR count).